The number of fused-ring (bicyclic) bond motifs is 1. The number of hydrogen-bond donors (Lipinski definition) is 3. The monoisotopic (exact) mass is 262 g/mol. The van der Waals surface area contributed by atoms with E-state index in [4.69, 9.17) is 5.73 Å². The van der Waals surface area contributed by atoms with E-state index in [1.807, 2.05) is 12.1 Å². The molecule has 19 heavy (non-hydrogen) atoms. The first-order chi connectivity index (χ1) is 8.95. The number of carbonyl (C=O) groups is 1. The SMILES string of the molecule is CC(CCN(C)C)Nc1cc2c(cc1N)CC(=O)N2. The Hall–Kier alpha value is -1.75. The molecule has 1 unspecified atom stereocenters. The average Bonchev–Trinajstić information content (AvgIpc) is 2.66. The van der Waals surface area contributed by atoms with E-state index < -0.39 is 0 Å². The number of anilines is 3. The minimum absolute atomic E-state index is 0.0345. The van der Waals surface area contributed by atoms with Gasteiger partial charge in [0, 0.05) is 11.7 Å². The summed E-state index contributed by atoms with van der Waals surface area (Å²) >= 11 is 0. The second-order valence-electron chi connectivity index (χ2n) is 5.46. The van der Waals surface area contributed by atoms with Crippen LogP contribution in [0.2, 0.25) is 0 Å². The van der Waals surface area contributed by atoms with Crippen LogP contribution in [0, 0.1) is 0 Å². The van der Waals surface area contributed by atoms with E-state index in [9.17, 15) is 4.79 Å². The standard InChI is InChI=1S/C14H22N4O/c1-9(4-5-18(2)3)16-13-8-12-10(6-11(13)15)7-14(19)17-12/h6,8-9,16H,4-5,7,15H2,1-3H3,(H,17,19). The first-order valence-electron chi connectivity index (χ1n) is 6.59. The van der Waals surface area contributed by atoms with Gasteiger partial charge in [-0.2, -0.15) is 0 Å². The van der Waals surface area contributed by atoms with Gasteiger partial charge >= 0.3 is 0 Å². The Morgan fingerprint density at radius 1 is 1.47 bits per heavy atom. The largest absolute Gasteiger partial charge is 0.397 e. The molecule has 0 bridgehead atoms. The molecule has 104 valence electrons. The smallest absolute Gasteiger partial charge is 0.228 e. The molecule has 1 heterocycles. The van der Waals surface area contributed by atoms with Crippen LogP contribution in [0.5, 0.6) is 0 Å². The summed E-state index contributed by atoms with van der Waals surface area (Å²) < 4.78 is 0. The van der Waals surface area contributed by atoms with Crippen molar-refractivity contribution >= 4 is 23.0 Å². The summed E-state index contributed by atoms with van der Waals surface area (Å²) in [6.07, 6.45) is 1.46. The maximum atomic E-state index is 11.3. The lowest BCUT2D eigenvalue weighted by Crippen LogP contribution is -2.23. The molecule has 0 spiro atoms. The van der Waals surface area contributed by atoms with E-state index in [1.54, 1.807) is 0 Å². The molecule has 1 aliphatic heterocycles. The zero-order chi connectivity index (χ0) is 14.0. The topological polar surface area (TPSA) is 70.4 Å². The molecule has 1 aliphatic rings. The number of rotatable bonds is 5. The molecule has 1 aromatic carbocycles. The van der Waals surface area contributed by atoms with Gasteiger partial charge in [-0.15, -0.1) is 0 Å². The molecular formula is C14H22N4O. The van der Waals surface area contributed by atoms with Gasteiger partial charge < -0.3 is 21.3 Å². The molecule has 0 radical (unpaired) electrons. The van der Waals surface area contributed by atoms with Crippen molar-refractivity contribution in [2.45, 2.75) is 25.8 Å². The molecule has 2 rings (SSSR count). The zero-order valence-corrected chi connectivity index (χ0v) is 11.8. The molecule has 1 amide bonds. The van der Waals surface area contributed by atoms with Crippen LogP contribution in [-0.4, -0.2) is 37.5 Å². The van der Waals surface area contributed by atoms with E-state index in [0.717, 1.165) is 29.9 Å². The molecule has 1 atom stereocenters. The quantitative estimate of drug-likeness (QED) is 0.704. The van der Waals surface area contributed by atoms with Gasteiger partial charge in [-0.05, 0) is 51.7 Å². The average molecular weight is 262 g/mol. The van der Waals surface area contributed by atoms with Crippen molar-refractivity contribution in [3.63, 3.8) is 0 Å². The molecule has 4 N–H and O–H groups in total. The van der Waals surface area contributed by atoms with Gasteiger partial charge in [0.05, 0.1) is 17.8 Å². The number of hydrogen-bond acceptors (Lipinski definition) is 4. The van der Waals surface area contributed by atoms with Crippen molar-refractivity contribution in [2.75, 3.05) is 37.0 Å². The number of amides is 1. The zero-order valence-electron chi connectivity index (χ0n) is 11.8. The number of nitrogens with one attached hydrogen (secondary N) is 2. The molecule has 0 saturated heterocycles. The second-order valence-corrected chi connectivity index (χ2v) is 5.46. The van der Waals surface area contributed by atoms with Gasteiger partial charge in [0.25, 0.3) is 0 Å². The second kappa shape index (κ2) is 5.48. The van der Waals surface area contributed by atoms with Gasteiger partial charge in [-0.3, -0.25) is 4.79 Å². The van der Waals surface area contributed by atoms with Crippen molar-refractivity contribution in [1.29, 1.82) is 0 Å². The normalized spacial score (nSPS) is 15.3. The predicted octanol–water partition coefficient (Wildman–Crippen LogP) is 1.52. The minimum atomic E-state index is 0.0345. The van der Waals surface area contributed by atoms with Crippen molar-refractivity contribution in [3.05, 3.63) is 17.7 Å². The molecular weight excluding hydrogens is 240 g/mol. The Bertz CT molecular complexity index is 485. The lowest BCUT2D eigenvalue weighted by Gasteiger charge is -2.19. The maximum Gasteiger partial charge on any atom is 0.228 e. The van der Waals surface area contributed by atoms with E-state index >= 15 is 0 Å². The fraction of sp³-hybridized carbons (Fsp3) is 0.500. The van der Waals surface area contributed by atoms with E-state index in [0.29, 0.717) is 18.2 Å². The molecule has 5 heteroatoms. The summed E-state index contributed by atoms with van der Waals surface area (Å²) in [6.45, 7) is 3.16. The minimum Gasteiger partial charge on any atom is -0.397 e. The Kier molecular flexibility index (Phi) is 3.95. The van der Waals surface area contributed by atoms with Crippen molar-refractivity contribution in [3.8, 4) is 0 Å². The fourth-order valence-corrected chi connectivity index (χ4v) is 2.21. The molecule has 1 aromatic rings. The molecule has 0 saturated carbocycles. The fourth-order valence-electron chi connectivity index (χ4n) is 2.21. The number of carbonyl (C=O) groups excluding carboxylic acids is 1. The van der Waals surface area contributed by atoms with Crippen LogP contribution in [0.15, 0.2) is 12.1 Å². The van der Waals surface area contributed by atoms with Gasteiger partial charge in [0.2, 0.25) is 5.91 Å². The van der Waals surface area contributed by atoms with E-state index in [1.165, 1.54) is 0 Å². The van der Waals surface area contributed by atoms with Crippen LogP contribution in [0.4, 0.5) is 17.1 Å². The van der Waals surface area contributed by atoms with Crippen LogP contribution >= 0.6 is 0 Å². The molecule has 0 aliphatic carbocycles. The van der Waals surface area contributed by atoms with Crippen LogP contribution in [0.3, 0.4) is 0 Å². The van der Waals surface area contributed by atoms with Gasteiger partial charge in [-0.1, -0.05) is 0 Å². The first-order valence-corrected chi connectivity index (χ1v) is 6.59. The molecule has 0 aromatic heterocycles. The Balaban J connectivity index is 2.05. The lowest BCUT2D eigenvalue weighted by molar-refractivity contribution is -0.115. The number of nitrogen functional groups attached to an aromatic ring is 1. The first kappa shape index (κ1) is 13.7. The van der Waals surface area contributed by atoms with Gasteiger partial charge in [0.15, 0.2) is 0 Å². The Morgan fingerprint density at radius 2 is 2.21 bits per heavy atom. The van der Waals surface area contributed by atoms with Gasteiger partial charge in [0.1, 0.15) is 0 Å². The summed E-state index contributed by atoms with van der Waals surface area (Å²) in [5.41, 5.74) is 9.48. The van der Waals surface area contributed by atoms with E-state index in [2.05, 4.69) is 36.6 Å². The lowest BCUT2D eigenvalue weighted by atomic mass is 10.1. The summed E-state index contributed by atoms with van der Waals surface area (Å²) in [6, 6.07) is 4.15. The number of nitrogens with two attached hydrogens (primary N) is 1. The maximum absolute atomic E-state index is 11.3. The van der Waals surface area contributed by atoms with Crippen LogP contribution in [0.25, 0.3) is 0 Å². The highest BCUT2D eigenvalue weighted by Gasteiger charge is 2.19. The highest BCUT2D eigenvalue weighted by molar-refractivity contribution is 6.00. The Morgan fingerprint density at radius 3 is 2.89 bits per heavy atom. The summed E-state index contributed by atoms with van der Waals surface area (Å²) in [7, 11) is 4.12. The summed E-state index contributed by atoms with van der Waals surface area (Å²) in [5.74, 6) is 0.0345. The van der Waals surface area contributed by atoms with Crippen molar-refractivity contribution in [2.24, 2.45) is 0 Å². The highest BCUT2D eigenvalue weighted by atomic mass is 16.1. The highest BCUT2D eigenvalue weighted by Crippen LogP contribution is 2.31. The van der Waals surface area contributed by atoms with Crippen LogP contribution < -0.4 is 16.4 Å². The number of nitrogens with zero attached hydrogens (tertiary/aromatic N) is 1. The summed E-state index contributed by atoms with van der Waals surface area (Å²) in [5, 5.41) is 6.25. The van der Waals surface area contributed by atoms with E-state index in [-0.39, 0.29) is 5.91 Å². The van der Waals surface area contributed by atoms with Gasteiger partial charge in [-0.25, -0.2) is 0 Å². The summed E-state index contributed by atoms with van der Waals surface area (Å²) in [4.78, 5) is 13.5. The number of benzene rings is 1. The van der Waals surface area contributed by atoms with Crippen molar-refractivity contribution < 1.29 is 4.79 Å². The third-order valence-electron chi connectivity index (χ3n) is 3.31. The predicted molar refractivity (Wildman–Crippen MR) is 79.4 cm³/mol. The third kappa shape index (κ3) is 3.38. The van der Waals surface area contributed by atoms with Crippen LogP contribution in [0.1, 0.15) is 18.9 Å². The molecule has 5 nitrogen and oxygen atoms in total. The Labute approximate surface area is 114 Å². The van der Waals surface area contributed by atoms with Crippen molar-refractivity contribution in [1.82, 2.24) is 4.90 Å². The molecule has 0 fully saturated rings. The van der Waals surface area contributed by atoms with Crippen LogP contribution in [-0.2, 0) is 11.2 Å². The third-order valence-corrected chi connectivity index (χ3v) is 3.31.